The number of aromatic nitrogens is 1. The molecule has 0 fully saturated rings. The van der Waals surface area contributed by atoms with Crippen LogP contribution in [0.5, 0.6) is 0 Å². The predicted octanol–water partition coefficient (Wildman–Crippen LogP) is 3.52. The number of hydrogen-bond acceptors (Lipinski definition) is 1. The standard InChI is InChI=1S/C7H5Cl4N/c8-6(9)7(10,11)5-3-1-2-4-12-5/h1-4,6H. The minimum absolute atomic E-state index is 0.448. The van der Waals surface area contributed by atoms with E-state index in [9.17, 15) is 0 Å². The van der Waals surface area contributed by atoms with Crippen LogP contribution >= 0.6 is 46.4 Å². The van der Waals surface area contributed by atoms with E-state index in [4.69, 9.17) is 46.4 Å². The Labute approximate surface area is 90.6 Å². The Morgan fingerprint density at radius 3 is 2.33 bits per heavy atom. The lowest BCUT2D eigenvalue weighted by atomic mass is 10.3. The van der Waals surface area contributed by atoms with Crippen molar-refractivity contribution < 1.29 is 0 Å². The molecule has 0 aliphatic rings. The van der Waals surface area contributed by atoms with Gasteiger partial charge in [0, 0.05) is 6.20 Å². The third kappa shape index (κ3) is 2.17. The first-order valence-corrected chi connectivity index (χ1v) is 4.75. The van der Waals surface area contributed by atoms with Gasteiger partial charge in [0.05, 0.1) is 5.69 Å². The smallest absolute Gasteiger partial charge is 0.189 e. The minimum atomic E-state index is -1.34. The molecule has 0 unspecified atom stereocenters. The average molecular weight is 245 g/mol. The molecule has 0 saturated heterocycles. The molecule has 0 aliphatic heterocycles. The largest absolute Gasteiger partial charge is 0.258 e. The van der Waals surface area contributed by atoms with Crippen molar-refractivity contribution in [3.63, 3.8) is 0 Å². The molecule has 0 aromatic carbocycles. The third-order valence-electron chi connectivity index (χ3n) is 1.28. The molecule has 0 atom stereocenters. The highest BCUT2D eigenvalue weighted by atomic mass is 35.5. The molecule has 1 rings (SSSR count). The maximum Gasteiger partial charge on any atom is 0.189 e. The van der Waals surface area contributed by atoms with E-state index >= 15 is 0 Å². The molecule has 12 heavy (non-hydrogen) atoms. The van der Waals surface area contributed by atoms with E-state index in [2.05, 4.69) is 4.98 Å². The van der Waals surface area contributed by atoms with Gasteiger partial charge >= 0.3 is 0 Å². The van der Waals surface area contributed by atoms with Gasteiger partial charge in [0.15, 0.2) is 4.33 Å². The van der Waals surface area contributed by atoms with Crippen molar-refractivity contribution in [1.29, 1.82) is 0 Å². The minimum Gasteiger partial charge on any atom is -0.258 e. The van der Waals surface area contributed by atoms with E-state index in [1.165, 1.54) is 0 Å². The zero-order valence-electron chi connectivity index (χ0n) is 5.85. The summed E-state index contributed by atoms with van der Waals surface area (Å²) in [7, 11) is 0. The van der Waals surface area contributed by atoms with E-state index in [-0.39, 0.29) is 0 Å². The van der Waals surface area contributed by atoms with Crippen molar-refractivity contribution >= 4 is 46.4 Å². The van der Waals surface area contributed by atoms with E-state index in [0.717, 1.165) is 0 Å². The lowest BCUT2D eigenvalue weighted by molar-refractivity contribution is 0.878. The van der Waals surface area contributed by atoms with Gasteiger partial charge in [-0.1, -0.05) is 29.3 Å². The fourth-order valence-corrected chi connectivity index (χ4v) is 1.12. The molecule has 0 aliphatic carbocycles. The van der Waals surface area contributed by atoms with Crippen molar-refractivity contribution in [1.82, 2.24) is 4.98 Å². The molecule has 1 aromatic rings. The summed E-state index contributed by atoms with van der Waals surface area (Å²) in [5.74, 6) is 0. The molecule has 0 radical (unpaired) electrons. The van der Waals surface area contributed by atoms with E-state index in [1.54, 1.807) is 24.4 Å². The quantitative estimate of drug-likeness (QED) is 0.726. The van der Waals surface area contributed by atoms with Gasteiger partial charge in [-0.15, -0.1) is 23.2 Å². The van der Waals surface area contributed by atoms with Crippen molar-refractivity contribution in [2.24, 2.45) is 0 Å². The fourth-order valence-electron chi connectivity index (χ4n) is 0.672. The maximum atomic E-state index is 5.84. The molecule has 0 saturated carbocycles. The number of nitrogens with zero attached hydrogens (tertiary/aromatic N) is 1. The highest BCUT2D eigenvalue weighted by Crippen LogP contribution is 2.40. The van der Waals surface area contributed by atoms with Gasteiger partial charge in [0.25, 0.3) is 0 Å². The molecule has 0 N–H and O–H groups in total. The highest BCUT2D eigenvalue weighted by Gasteiger charge is 2.35. The predicted molar refractivity (Wildman–Crippen MR) is 53.1 cm³/mol. The summed E-state index contributed by atoms with van der Waals surface area (Å²) in [5, 5.41) is 0. The second kappa shape index (κ2) is 4.01. The normalized spacial score (nSPS) is 12.1. The number of pyridine rings is 1. The number of hydrogen-bond donors (Lipinski definition) is 0. The summed E-state index contributed by atoms with van der Waals surface area (Å²) in [6.07, 6.45) is 1.57. The van der Waals surface area contributed by atoms with Crippen molar-refractivity contribution in [2.45, 2.75) is 9.17 Å². The SMILES string of the molecule is ClC(Cl)C(Cl)(Cl)c1ccccn1. The van der Waals surface area contributed by atoms with Crippen molar-refractivity contribution in [3.05, 3.63) is 30.1 Å². The summed E-state index contributed by atoms with van der Waals surface area (Å²) in [6.45, 7) is 0. The van der Waals surface area contributed by atoms with E-state index in [1.807, 2.05) is 0 Å². The number of rotatable bonds is 2. The van der Waals surface area contributed by atoms with Crippen molar-refractivity contribution in [3.8, 4) is 0 Å². The van der Waals surface area contributed by atoms with Crippen LogP contribution in [0.1, 0.15) is 5.69 Å². The molecular formula is C7H5Cl4N. The first-order chi connectivity index (χ1) is 5.55. The molecule has 0 bridgehead atoms. The Balaban J connectivity index is 2.98. The molecule has 66 valence electrons. The third-order valence-corrected chi connectivity index (χ3v) is 3.21. The van der Waals surface area contributed by atoms with Crippen LogP contribution in [0.2, 0.25) is 0 Å². The monoisotopic (exact) mass is 243 g/mol. The van der Waals surface area contributed by atoms with Crippen LogP contribution in [0.25, 0.3) is 0 Å². The Morgan fingerprint density at radius 1 is 1.25 bits per heavy atom. The highest BCUT2D eigenvalue weighted by molar-refractivity contribution is 6.59. The Morgan fingerprint density at radius 2 is 1.92 bits per heavy atom. The van der Waals surface area contributed by atoms with Gasteiger partial charge in [0.2, 0.25) is 0 Å². The van der Waals surface area contributed by atoms with Crippen molar-refractivity contribution in [2.75, 3.05) is 0 Å². The molecule has 1 nitrogen and oxygen atoms in total. The fraction of sp³-hybridized carbons (Fsp3) is 0.286. The van der Waals surface area contributed by atoms with Crippen LogP contribution in [0.3, 0.4) is 0 Å². The summed E-state index contributed by atoms with van der Waals surface area (Å²) in [6, 6.07) is 5.18. The van der Waals surface area contributed by atoms with E-state index < -0.39 is 9.17 Å². The lowest BCUT2D eigenvalue weighted by Crippen LogP contribution is -2.20. The molecule has 1 aromatic heterocycles. The summed E-state index contributed by atoms with van der Waals surface area (Å²) >= 11 is 22.8. The van der Waals surface area contributed by atoms with Crippen LogP contribution < -0.4 is 0 Å². The first kappa shape index (κ1) is 10.4. The van der Waals surface area contributed by atoms with Gasteiger partial charge < -0.3 is 0 Å². The molecule has 0 amide bonds. The topological polar surface area (TPSA) is 12.9 Å². The second-order valence-corrected chi connectivity index (χ2v) is 4.62. The Kier molecular flexibility index (Phi) is 3.47. The van der Waals surface area contributed by atoms with Crippen LogP contribution in [0.4, 0.5) is 0 Å². The van der Waals surface area contributed by atoms with Gasteiger partial charge in [-0.25, -0.2) is 0 Å². The van der Waals surface area contributed by atoms with Crippen LogP contribution in [0.15, 0.2) is 24.4 Å². The lowest BCUT2D eigenvalue weighted by Gasteiger charge is -2.19. The molecular weight excluding hydrogens is 240 g/mol. The van der Waals surface area contributed by atoms with Gasteiger partial charge in [0.1, 0.15) is 4.84 Å². The Bertz CT molecular complexity index is 247. The van der Waals surface area contributed by atoms with E-state index in [0.29, 0.717) is 5.69 Å². The molecule has 5 heteroatoms. The van der Waals surface area contributed by atoms with Crippen LogP contribution in [-0.2, 0) is 4.33 Å². The van der Waals surface area contributed by atoms with Crippen LogP contribution in [-0.4, -0.2) is 9.82 Å². The summed E-state index contributed by atoms with van der Waals surface area (Å²) in [4.78, 5) is 3.03. The average Bonchev–Trinajstić information content (AvgIpc) is 2.06. The number of halogens is 4. The number of alkyl halides is 4. The second-order valence-electron chi connectivity index (χ2n) is 2.14. The van der Waals surface area contributed by atoms with Gasteiger partial charge in [-0.05, 0) is 12.1 Å². The molecule has 0 spiro atoms. The Hall–Kier alpha value is 0.310. The zero-order valence-corrected chi connectivity index (χ0v) is 8.87. The first-order valence-electron chi connectivity index (χ1n) is 3.12. The summed E-state index contributed by atoms with van der Waals surface area (Å²) < 4.78 is -1.34. The van der Waals surface area contributed by atoms with Gasteiger partial charge in [-0.3, -0.25) is 4.98 Å². The summed E-state index contributed by atoms with van der Waals surface area (Å²) in [5.41, 5.74) is 0.448. The van der Waals surface area contributed by atoms with Crippen LogP contribution in [0, 0.1) is 0 Å². The van der Waals surface area contributed by atoms with Gasteiger partial charge in [-0.2, -0.15) is 0 Å². The molecule has 1 heterocycles. The zero-order chi connectivity index (χ0) is 9.19. The maximum absolute atomic E-state index is 5.84.